The quantitative estimate of drug-likeness (QED) is 0.0642. The van der Waals surface area contributed by atoms with E-state index >= 15 is 0 Å². The zero-order valence-electron chi connectivity index (χ0n) is 21.5. The molecule has 0 bridgehead atoms. The number of phosphoric acid groups is 3. The molecule has 0 amide bonds. The Kier molecular flexibility index (Phi) is 12.2. The maximum Gasteiger partial charge on any atom is 0.490 e. The van der Waals surface area contributed by atoms with Gasteiger partial charge in [0.1, 0.15) is 18.3 Å². The Balaban J connectivity index is 1.54. The number of phosphoric ester groups is 2. The fourth-order valence-electron chi connectivity index (χ4n) is 3.37. The Morgan fingerprint density at radius 1 is 1.00 bits per heavy atom. The molecule has 42 heavy (non-hydrogen) atoms. The van der Waals surface area contributed by atoms with Crippen LogP contribution in [0.5, 0.6) is 0 Å². The van der Waals surface area contributed by atoms with Gasteiger partial charge >= 0.3 is 29.2 Å². The van der Waals surface area contributed by atoms with Gasteiger partial charge < -0.3 is 29.6 Å². The van der Waals surface area contributed by atoms with Crippen molar-refractivity contribution in [3.63, 3.8) is 0 Å². The Hall–Kier alpha value is -2.29. The largest absolute Gasteiger partial charge is 0.490 e. The summed E-state index contributed by atoms with van der Waals surface area (Å²) >= 11 is 0. The average Bonchev–Trinajstić information content (AvgIpc) is 3.18. The predicted octanol–water partition coefficient (Wildman–Crippen LogP) is 1.19. The number of terminal acetylenes is 1. The van der Waals surface area contributed by atoms with Gasteiger partial charge in [-0.15, -0.1) is 12.3 Å². The van der Waals surface area contributed by atoms with E-state index in [2.05, 4.69) is 34.1 Å². The van der Waals surface area contributed by atoms with Gasteiger partial charge in [0, 0.05) is 12.6 Å². The number of hydrogen-bond acceptors (Lipinski definition) is 14. The SMILES string of the molecule is C#CCCCOP(=O)(O)OP(=O)(O)OP(=O)(O)OC[C@H]1O[C@@H](n2ccc(NOCc3ccccc3)nc2=O)[C@H](O)[C@@H]1O. The molecule has 3 rings (SSSR count). The van der Waals surface area contributed by atoms with Crippen molar-refractivity contribution in [1.29, 1.82) is 0 Å². The van der Waals surface area contributed by atoms with Crippen LogP contribution in [-0.2, 0) is 47.5 Å². The smallest absolute Gasteiger partial charge is 0.387 e. The molecule has 18 nitrogen and oxygen atoms in total. The highest BCUT2D eigenvalue weighted by molar-refractivity contribution is 7.66. The van der Waals surface area contributed by atoms with E-state index in [9.17, 15) is 43.4 Å². The number of aliphatic hydroxyl groups is 2. The Labute approximate surface area is 238 Å². The first-order valence-electron chi connectivity index (χ1n) is 11.9. The molecule has 0 spiro atoms. The van der Waals surface area contributed by atoms with E-state index < -0.39 is 66.9 Å². The lowest BCUT2D eigenvalue weighted by Gasteiger charge is -2.20. The Morgan fingerprint density at radius 2 is 1.67 bits per heavy atom. The van der Waals surface area contributed by atoms with Crippen LogP contribution < -0.4 is 11.2 Å². The first-order valence-corrected chi connectivity index (χ1v) is 16.4. The molecule has 1 aliphatic rings. The molecule has 1 aromatic carbocycles. The highest BCUT2D eigenvalue weighted by Gasteiger charge is 2.47. The van der Waals surface area contributed by atoms with Gasteiger partial charge in [0.25, 0.3) is 0 Å². The van der Waals surface area contributed by atoms with Crippen molar-refractivity contribution < 1.29 is 65.8 Å². The fraction of sp³-hybridized carbons (Fsp3) is 0.429. The van der Waals surface area contributed by atoms with Gasteiger partial charge in [-0.05, 0) is 18.1 Å². The summed E-state index contributed by atoms with van der Waals surface area (Å²) in [5, 5.41) is 20.7. The van der Waals surface area contributed by atoms with Gasteiger partial charge in [0.05, 0.1) is 19.8 Å². The highest BCUT2D eigenvalue weighted by Crippen LogP contribution is 2.67. The second kappa shape index (κ2) is 14.9. The normalized spacial score (nSPS) is 24.7. The molecule has 0 aliphatic carbocycles. The molecule has 1 fully saturated rings. The van der Waals surface area contributed by atoms with Crippen LogP contribution in [0.1, 0.15) is 24.6 Å². The van der Waals surface area contributed by atoms with Crippen LogP contribution in [0.25, 0.3) is 0 Å². The van der Waals surface area contributed by atoms with Crippen molar-refractivity contribution in [2.75, 3.05) is 18.7 Å². The van der Waals surface area contributed by atoms with Crippen molar-refractivity contribution in [2.24, 2.45) is 0 Å². The maximum absolute atomic E-state index is 12.5. The van der Waals surface area contributed by atoms with Crippen LogP contribution in [0.3, 0.4) is 0 Å². The zero-order valence-corrected chi connectivity index (χ0v) is 24.2. The van der Waals surface area contributed by atoms with E-state index in [0.717, 1.165) is 10.1 Å². The van der Waals surface area contributed by atoms with Crippen LogP contribution >= 0.6 is 23.5 Å². The second-order valence-corrected chi connectivity index (χ2v) is 13.1. The van der Waals surface area contributed by atoms with Crippen LogP contribution in [0.15, 0.2) is 47.4 Å². The number of anilines is 1. The molecule has 7 atom stereocenters. The lowest BCUT2D eigenvalue weighted by Crippen LogP contribution is -2.36. The topological polar surface area (TPSA) is 255 Å². The average molecular weight is 655 g/mol. The van der Waals surface area contributed by atoms with Crippen LogP contribution in [0.4, 0.5) is 5.82 Å². The third-order valence-corrected chi connectivity index (χ3v) is 9.52. The van der Waals surface area contributed by atoms with Crippen molar-refractivity contribution in [2.45, 2.75) is 44.0 Å². The number of aliphatic hydroxyl groups excluding tert-OH is 2. The summed E-state index contributed by atoms with van der Waals surface area (Å²) in [7, 11) is -16.4. The number of aromatic nitrogens is 2. The molecule has 232 valence electrons. The number of hydrogen-bond donors (Lipinski definition) is 6. The first-order chi connectivity index (χ1) is 19.7. The van der Waals surface area contributed by atoms with Gasteiger partial charge in [0.15, 0.2) is 12.0 Å². The maximum atomic E-state index is 12.5. The minimum absolute atomic E-state index is 0.0273. The molecule has 6 N–H and O–H groups in total. The number of nitrogens with zero attached hydrogens (tertiary/aromatic N) is 2. The summed E-state index contributed by atoms with van der Waals surface area (Å²) in [5.41, 5.74) is 2.42. The molecule has 3 unspecified atom stereocenters. The zero-order chi connectivity index (χ0) is 31.0. The van der Waals surface area contributed by atoms with Gasteiger partial charge in [-0.3, -0.25) is 18.5 Å². The number of rotatable bonds is 16. The Morgan fingerprint density at radius 3 is 2.31 bits per heavy atom. The second-order valence-electron chi connectivity index (χ2n) is 8.43. The van der Waals surface area contributed by atoms with Crippen molar-refractivity contribution in [1.82, 2.24) is 9.55 Å². The molecule has 1 saturated heterocycles. The summed E-state index contributed by atoms with van der Waals surface area (Å²) in [6.45, 7) is -1.29. The lowest BCUT2D eigenvalue weighted by atomic mass is 10.1. The van der Waals surface area contributed by atoms with E-state index in [4.69, 9.17) is 16.0 Å². The fourth-order valence-corrected chi connectivity index (χ4v) is 6.92. The number of ether oxygens (including phenoxy) is 1. The van der Waals surface area contributed by atoms with Crippen LogP contribution in [0, 0.1) is 12.3 Å². The number of benzene rings is 1. The molecule has 0 radical (unpaired) electrons. The van der Waals surface area contributed by atoms with Gasteiger partial charge in [-0.1, -0.05) is 30.3 Å². The van der Waals surface area contributed by atoms with Gasteiger partial charge in [-0.2, -0.15) is 13.6 Å². The van der Waals surface area contributed by atoms with Crippen molar-refractivity contribution in [3.05, 3.63) is 58.6 Å². The summed E-state index contributed by atoms with van der Waals surface area (Å²) in [6, 6.07) is 10.4. The van der Waals surface area contributed by atoms with Crippen molar-refractivity contribution >= 4 is 29.3 Å². The van der Waals surface area contributed by atoms with Crippen LogP contribution in [0.2, 0.25) is 0 Å². The van der Waals surface area contributed by atoms with Gasteiger partial charge in [-0.25, -0.2) is 24.0 Å². The Bertz CT molecular complexity index is 1440. The van der Waals surface area contributed by atoms with E-state index in [0.29, 0.717) is 0 Å². The lowest BCUT2D eigenvalue weighted by molar-refractivity contribution is -0.0541. The molecular formula is C21H28N3O15P3. The summed E-state index contributed by atoms with van der Waals surface area (Å²) < 4.78 is 58.9. The minimum atomic E-state index is -5.72. The highest BCUT2D eigenvalue weighted by atomic mass is 31.3. The summed E-state index contributed by atoms with van der Waals surface area (Å²) in [5.74, 6) is 2.25. The molecule has 1 aliphatic heterocycles. The third kappa shape index (κ3) is 10.5. The number of nitrogens with one attached hydrogen (secondary N) is 1. The monoisotopic (exact) mass is 655 g/mol. The first kappa shape index (κ1) is 34.2. The van der Waals surface area contributed by atoms with Crippen LogP contribution in [-0.4, -0.2) is 66.0 Å². The number of unbranched alkanes of at least 4 members (excludes halogenated alkanes) is 1. The minimum Gasteiger partial charge on any atom is -0.387 e. The van der Waals surface area contributed by atoms with Gasteiger partial charge in [0.2, 0.25) is 0 Å². The summed E-state index contributed by atoms with van der Waals surface area (Å²) in [4.78, 5) is 50.4. The third-order valence-electron chi connectivity index (χ3n) is 5.23. The molecule has 1 aromatic heterocycles. The van der Waals surface area contributed by atoms with E-state index in [1.807, 2.05) is 30.3 Å². The van der Waals surface area contributed by atoms with Crippen molar-refractivity contribution in [3.8, 4) is 12.3 Å². The van der Waals surface area contributed by atoms with E-state index in [1.54, 1.807) is 0 Å². The molecule has 2 heterocycles. The molecule has 2 aromatic rings. The summed E-state index contributed by atoms with van der Waals surface area (Å²) in [6.07, 6.45) is -0.155. The molecule has 21 heteroatoms. The molecular weight excluding hydrogens is 627 g/mol. The predicted molar refractivity (Wildman–Crippen MR) is 141 cm³/mol. The van der Waals surface area contributed by atoms with E-state index in [-0.39, 0.29) is 25.3 Å². The standard InChI is InChI=1S/C21H28N3O15P3/c1-2-3-7-12-35-40(28,29)38-42(32,33)39-41(30,31)36-14-16-18(25)19(26)20(37-16)24-11-10-17(22-21(24)27)23-34-13-15-8-5-4-6-9-15/h1,4-6,8-11,16,18-20,25-26H,3,7,12-14H2,(H,28,29)(H,30,31)(H,32,33)(H,22,23,27)/t16-,18-,19-,20-/m1/s1. The van der Waals surface area contributed by atoms with E-state index in [1.165, 1.54) is 12.3 Å². The molecule has 0 saturated carbocycles.